The van der Waals surface area contributed by atoms with Crippen molar-refractivity contribution in [3.63, 3.8) is 0 Å². The number of nitrogens with zero attached hydrogens (tertiary/aromatic N) is 1. The van der Waals surface area contributed by atoms with E-state index in [1.54, 1.807) is 0 Å². The minimum absolute atomic E-state index is 0.141. The molecule has 4 atom stereocenters. The number of carbonyl (C=O) groups is 3. The minimum atomic E-state index is -1.03. The third-order valence-corrected chi connectivity index (χ3v) is 5.13. The van der Waals surface area contributed by atoms with E-state index in [1.807, 2.05) is 0 Å². The number of carboxylic acids is 1. The van der Waals surface area contributed by atoms with Gasteiger partial charge < -0.3 is 5.11 Å². The van der Waals surface area contributed by atoms with Crippen molar-refractivity contribution in [1.82, 2.24) is 0 Å². The summed E-state index contributed by atoms with van der Waals surface area (Å²) in [7, 11) is 0. The van der Waals surface area contributed by atoms with Crippen molar-refractivity contribution in [2.24, 2.45) is 23.7 Å². The van der Waals surface area contributed by atoms with Crippen LogP contribution in [0, 0.1) is 23.7 Å². The summed E-state index contributed by atoms with van der Waals surface area (Å²) < 4.78 is 0. The van der Waals surface area contributed by atoms with E-state index in [0.717, 1.165) is 12.8 Å². The Kier molecular flexibility index (Phi) is 2.73. The molecule has 5 heteroatoms. The zero-order valence-electron chi connectivity index (χ0n) is 11.8. The Labute approximate surface area is 127 Å². The molecule has 2 bridgehead atoms. The molecule has 1 aromatic rings. The Balaban J connectivity index is 1.70. The van der Waals surface area contributed by atoms with Gasteiger partial charge in [-0.2, -0.15) is 0 Å². The van der Waals surface area contributed by atoms with Gasteiger partial charge in [-0.05, 0) is 48.9 Å². The maximum atomic E-state index is 12.7. The molecule has 0 unspecified atom stereocenters. The molecule has 1 saturated carbocycles. The van der Waals surface area contributed by atoms with Crippen LogP contribution in [-0.4, -0.2) is 22.9 Å². The number of benzene rings is 1. The highest BCUT2D eigenvalue weighted by Gasteiger charge is 2.56. The van der Waals surface area contributed by atoms with Crippen molar-refractivity contribution in [3.8, 4) is 0 Å². The number of aromatic carboxylic acids is 1. The van der Waals surface area contributed by atoms with Crippen molar-refractivity contribution >= 4 is 23.5 Å². The van der Waals surface area contributed by atoms with Crippen molar-refractivity contribution in [2.75, 3.05) is 4.90 Å². The number of hydrogen-bond donors (Lipinski definition) is 1. The molecular formula is C17H15NO4. The van der Waals surface area contributed by atoms with Crippen LogP contribution >= 0.6 is 0 Å². The molecule has 2 amide bonds. The fourth-order valence-electron chi connectivity index (χ4n) is 4.08. The van der Waals surface area contributed by atoms with Gasteiger partial charge in [0.05, 0.1) is 23.1 Å². The topological polar surface area (TPSA) is 74.7 Å². The van der Waals surface area contributed by atoms with Crippen LogP contribution in [-0.2, 0) is 9.59 Å². The number of allylic oxidation sites excluding steroid dienone is 2. The maximum absolute atomic E-state index is 12.7. The zero-order chi connectivity index (χ0) is 15.4. The van der Waals surface area contributed by atoms with Gasteiger partial charge in [-0.1, -0.05) is 12.2 Å². The first-order chi connectivity index (χ1) is 10.6. The lowest BCUT2D eigenvalue weighted by molar-refractivity contribution is -0.124. The van der Waals surface area contributed by atoms with Gasteiger partial charge in [0.2, 0.25) is 11.8 Å². The quantitative estimate of drug-likeness (QED) is 0.670. The zero-order valence-corrected chi connectivity index (χ0v) is 11.8. The SMILES string of the molecule is O=C(O)c1ccc(N2C(=O)[C@H]3[C@H](C2=O)[C@H]2C=C[C@H]3CC2)cc1. The summed E-state index contributed by atoms with van der Waals surface area (Å²) in [4.78, 5) is 37.6. The van der Waals surface area contributed by atoms with Crippen LogP contribution in [0.2, 0.25) is 0 Å². The molecule has 5 nitrogen and oxygen atoms in total. The average molecular weight is 297 g/mol. The first-order valence-corrected chi connectivity index (χ1v) is 7.47. The van der Waals surface area contributed by atoms with Crippen LogP contribution in [0.4, 0.5) is 5.69 Å². The Morgan fingerprint density at radius 3 is 1.86 bits per heavy atom. The van der Waals surface area contributed by atoms with Gasteiger partial charge >= 0.3 is 5.97 Å². The number of imide groups is 1. The first-order valence-electron chi connectivity index (χ1n) is 7.47. The third-order valence-electron chi connectivity index (χ3n) is 5.13. The number of fused-ring (bicyclic) bond motifs is 1. The Morgan fingerprint density at radius 2 is 1.45 bits per heavy atom. The third kappa shape index (κ3) is 1.68. The number of anilines is 1. The summed E-state index contributed by atoms with van der Waals surface area (Å²) >= 11 is 0. The number of amides is 2. The largest absolute Gasteiger partial charge is 0.478 e. The monoisotopic (exact) mass is 297 g/mol. The summed E-state index contributed by atoms with van der Waals surface area (Å²) in [5.74, 6) is -1.47. The highest BCUT2D eigenvalue weighted by Crippen LogP contribution is 2.50. The van der Waals surface area contributed by atoms with Gasteiger partial charge in [0.25, 0.3) is 0 Å². The van der Waals surface area contributed by atoms with E-state index in [0.29, 0.717) is 5.69 Å². The van der Waals surface area contributed by atoms with E-state index < -0.39 is 5.97 Å². The second kappa shape index (κ2) is 4.53. The van der Waals surface area contributed by atoms with Crippen LogP contribution in [0.15, 0.2) is 36.4 Å². The lowest BCUT2D eigenvalue weighted by Crippen LogP contribution is -2.38. The molecule has 1 aromatic carbocycles. The average Bonchev–Trinajstić information content (AvgIpc) is 2.82. The minimum Gasteiger partial charge on any atom is -0.478 e. The maximum Gasteiger partial charge on any atom is 0.335 e. The molecular weight excluding hydrogens is 282 g/mol. The smallest absolute Gasteiger partial charge is 0.335 e. The van der Waals surface area contributed by atoms with Gasteiger partial charge in [0.1, 0.15) is 0 Å². The van der Waals surface area contributed by atoms with Crippen molar-refractivity contribution < 1.29 is 19.5 Å². The molecule has 1 saturated heterocycles. The van der Waals surface area contributed by atoms with Crippen LogP contribution in [0.25, 0.3) is 0 Å². The highest BCUT2D eigenvalue weighted by molar-refractivity contribution is 6.22. The second-order valence-corrected chi connectivity index (χ2v) is 6.21. The molecule has 22 heavy (non-hydrogen) atoms. The van der Waals surface area contributed by atoms with Crippen LogP contribution in [0.3, 0.4) is 0 Å². The fourth-order valence-corrected chi connectivity index (χ4v) is 4.08. The van der Waals surface area contributed by atoms with Crippen molar-refractivity contribution in [2.45, 2.75) is 12.8 Å². The predicted octanol–water partition coefficient (Wildman–Crippen LogP) is 2.09. The Hall–Kier alpha value is -2.43. The summed E-state index contributed by atoms with van der Waals surface area (Å²) in [6, 6.07) is 5.91. The molecule has 0 aromatic heterocycles. The molecule has 3 aliphatic carbocycles. The van der Waals surface area contributed by atoms with E-state index in [9.17, 15) is 14.4 Å². The lowest BCUT2D eigenvalue weighted by Gasteiger charge is -2.38. The fraction of sp³-hybridized carbons (Fsp3) is 0.353. The second-order valence-electron chi connectivity index (χ2n) is 6.21. The van der Waals surface area contributed by atoms with Crippen LogP contribution < -0.4 is 4.90 Å². The standard InChI is InChI=1S/C17H15NO4/c19-15-13-9-1-2-10(4-3-9)14(13)16(20)18(15)12-7-5-11(6-8-12)17(21)22/h1-2,5-10,13-14H,3-4H2,(H,21,22)/t9-,10-,13+,14+/m0/s1. The molecule has 1 heterocycles. The van der Waals surface area contributed by atoms with Gasteiger partial charge in [-0.15, -0.1) is 0 Å². The summed E-state index contributed by atoms with van der Waals surface area (Å²) in [6.07, 6.45) is 6.09. The molecule has 0 spiro atoms. The van der Waals surface area contributed by atoms with Gasteiger partial charge in [0, 0.05) is 0 Å². The van der Waals surface area contributed by atoms with Crippen molar-refractivity contribution in [1.29, 1.82) is 0 Å². The summed E-state index contributed by atoms with van der Waals surface area (Å²) in [5, 5.41) is 8.94. The summed E-state index contributed by atoms with van der Waals surface area (Å²) in [5.41, 5.74) is 0.607. The Morgan fingerprint density at radius 1 is 0.955 bits per heavy atom. The lowest BCUT2D eigenvalue weighted by atomic mass is 9.63. The Bertz CT molecular complexity index is 674. The number of rotatable bonds is 2. The number of carbonyl (C=O) groups excluding carboxylic acids is 2. The van der Waals surface area contributed by atoms with Crippen LogP contribution in [0.5, 0.6) is 0 Å². The molecule has 112 valence electrons. The van der Waals surface area contributed by atoms with Gasteiger partial charge in [-0.25, -0.2) is 4.79 Å². The number of carboxylic acid groups (broad SMARTS) is 1. The normalized spacial score (nSPS) is 32.5. The molecule has 1 aliphatic heterocycles. The highest BCUT2D eigenvalue weighted by atomic mass is 16.4. The molecule has 5 rings (SSSR count). The van der Waals surface area contributed by atoms with E-state index in [-0.39, 0.29) is 41.0 Å². The van der Waals surface area contributed by atoms with E-state index >= 15 is 0 Å². The van der Waals surface area contributed by atoms with Gasteiger partial charge in [-0.3, -0.25) is 14.5 Å². The molecule has 4 aliphatic rings. The van der Waals surface area contributed by atoms with E-state index in [4.69, 9.17) is 5.11 Å². The molecule has 1 N–H and O–H groups in total. The predicted molar refractivity (Wildman–Crippen MR) is 78.2 cm³/mol. The van der Waals surface area contributed by atoms with E-state index in [2.05, 4.69) is 12.2 Å². The van der Waals surface area contributed by atoms with Crippen LogP contribution in [0.1, 0.15) is 23.2 Å². The van der Waals surface area contributed by atoms with Crippen molar-refractivity contribution in [3.05, 3.63) is 42.0 Å². The number of hydrogen-bond acceptors (Lipinski definition) is 3. The van der Waals surface area contributed by atoms with Gasteiger partial charge in [0.15, 0.2) is 0 Å². The molecule has 2 fully saturated rings. The van der Waals surface area contributed by atoms with E-state index in [1.165, 1.54) is 29.2 Å². The first kappa shape index (κ1) is 13.2. The molecule has 0 radical (unpaired) electrons. The summed E-state index contributed by atoms with van der Waals surface area (Å²) in [6.45, 7) is 0.